The van der Waals surface area contributed by atoms with Crippen molar-refractivity contribution in [3.63, 3.8) is 0 Å². The molecular weight excluding hydrogens is 252 g/mol. The van der Waals surface area contributed by atoms with Crippen molar-refractivity contribution in [2.24, 2.45) is 0 Å². The summed E-state index contributed by atoms with van der Waals surface area (Å²) in [5, 5.41) is 7.25. The number of aromatic nitrogens is 1. The fraction of sp³-hybridized carbons (Fsp3) is 0.231. The highest BCUT2D eigenvalue weighted by Crippen LogP contribution is 2.13. The van der Waals surface area contributed by atoms with E-state index < -0.39 is 0 Å². The van der Waals surface area contributed by atoms with Gasteiger partial charge >= 0.3 is 0 Å². The zero-order valence-electron chi connectivity index (χ0n) is 10.2. The summed E-state index contributed by atoms with van der Waals surface area (Å²) in [5.41, 5.74) is 2.09. The van der Waals surface area contributed by atoms with Crippen molar-refractivity contribution in [3.05, 3.63) is 51.9 Å². The minimum Gasteiger partial charge on any atom is -0.361 e. The van der Waals surface area contributed by atoms with Gasteiger partial charge in [0.2, 0.25) is 0 Å². The molecule has 0 saturated carbocycles. The fourth-order valence-electron chi connectivity index (χ4n) is 1.68. The first-order chi connectivity index (χ1) is 8.58. The maximum Gasteiger partial charge on any atom is 0.257 e. The number of hydrogen-bond donors (Lipinski definition) is 1. The lowest BCUT2D eigenvalue weighted by atomic mass is 10.2. The van der Waals surface area contributed by atoms with Crippen molar-refractivity contribution < 1.29 is 9.32 Å². The van der Waals surface area contributed by atoms with Crippen molar-refractivity contribution in [1.82, 2.24) is 10.5 Å². The molecule has 0 aliphatic rings. The summed E-state index contributed by atoms with van der Waals surface area (Å²) in [5.74, 6) is 0.349. The van der Waals surface area contributed by atoms with E-state index in [-0.39, 0.29) is 5.91 Å². The Balaban J connectivity index is 2.03. The standard InChI is InChI=1S/C13H13ClN2O2/c1-8-12(9(2)18-16-8)13(17)15-7-10-3-5-11(14)6-4-10/h3-6H,7H2,1-2H3,(H,15,17). The minimum absolute atomic E-state index is 0.179. The molecular formula is C13H13ClN2O2. The Labute approximate surface area is 110 Å². The Morgan fingerprint density at radius 2 is 2.00 bits per heavy atom. The highest BCUT2D eigenvalue weighted by Gasteiger charge is 2.16. The van der Waals surface area contributed by atoms with Crippen LogP contribution >= 0.6 is 11.6 Å². The van der Waals surface area contributed by atoms with Crippen molar-refractivity contribution in [2.75, 3.05) is 0 Å². The molecule has 0 bridgehead atoms. The number of benzene rings is 1. The van der Waals surface area contributed by atoms with Crippen LogP contribution in [0.5, 0.6) is 0 Å². The van der Waals surface area contributed by atoms with E-state index in [1.165, 1.54) is 0 Å². The van der Waals surface area contributed by atoms with E-state index in [9.17, 15) is 4.79 Å². The summed E-state index contributed by atoms with van der Waals surface area (Å²) >= 11 is 5.79. The topological polar surface area (TPSA) is 55.1 Å². The minimum atomic E-state index is -0.179. The molecule has 0 atom stereocenters. The summed E-state index contributed by atoms with van der Waals surface area (Å²) in [7, 11) is 0. The number of rotatable bonds is 3. The summed E-state index contributed by atoms with van der Waals surface area (Å²) in [6.45, 7) is 3.91. The highest BCUT2D eigenvalue weighted by molar-refractivity contribution is 6.30. The number of nitrogens with one attached hydrogen (secondary N) is 1. The van der Waals surface area contributed by atoms with Gasteiger partial charge in [0, 0.05) is 11.6 Å². The first-order valence-electron chi connectivity index (χ1n) is 5.53. The Kier molecular flexibility index (Phi) is 3.67. The van der Waals surface area contributed by atoms with Gasteiger partial charge in [-0.05, 0) is 31.5 Å². The van der Waals surface area contributed by atoms with E-state index in [1.807, 2.05) is 12.1 Å². The Morgan fingerprint density at radius 1 is 1.33 bits per heavy atom. The van der Waals surface area contributed by atoms with Crippen molar-refractivity contribution in [2.45, 2.75) is 20.4 Å². The molecule has 1 N–H and O–H groups in total. The molecule has 1 heterocycles. The van der Waals surface area contributed by atoms with Crippen LogP contribution in [-0.4, -0.2) is 11.1 Å². The van der Waals surface area contributed by atoms with Gasteiger partial charge in [0.25, 0.3) is 5.91 Å². The lowest BCUT2D eigenvalue weighted by Crippen LogP contribution is -2.23. The highest BCUT2D eigenvalue weighted by atomic mass is 35.5. The zero-order chi connectivity index (χ0) is 13.1. The zero-order valence-corrected chi connectivity index (χ0v) is 10.9. The van der Waals surface area contributed by atoms with Crippen LogP contribution in [-0.2, 0) is 6.54 Å². The van der Waals surface area contributed by atoms with Crippen LogP contribution < -0.4 is 5.32 Å². The SMILES string of the molecule is Cc1noc(C)c1C(=O)NCc1ccc(Cl)cc1. The first-order valence-corrected chi connectivity index (χ1v) is 5.91. The quantitative estimate of drug-likeness (QED) is 0.927. The second kappa shape index (κ2) is 5.23. The van der Waals surface area contributed by atoms with Crippen molar-refractivity contribution in [1.29, 1.82) is 0 Å². The molecule has 0 saturated heterocycles. The van der Waals surface area contributed by atoms with Crippen LogP contribution in [0, 0.1) is 13.8 Å². The Morgan fingerprint density at radius 3 is 2.56 bits per heavy atom. The van der Waals surface area contributed by atoms with Gasteiger partial charge in [-0.25, -0.2) is 0 Å². The summed E-state index contributed by atoms with van der Waals surface area (Å²) in [4.78, 5) is 12.0. The van der Waals surface area contributed by atoms with E-state index in [0.29, 0.717) is 28.6 Å². The molecule has 0 radical (unpaired) electrons. The Hall–Kier alpha value is -1.81. The third-order valence-corrected chi connectivity index (χ3v) is 2.88. The summed E-state index contributed by atoms with van der Waals surface area (Å²) in [6, 6.07) is 7.32. The molecule has 0 aliphatic heterocycles. The lowest BCUT2D eigenvalue weighted by Gasteiger charge is -2.04. The van der Waals surface area contributed by atoms with Crippen molar-refractivity contribution >= 4 is 17.5 Å². The number of aryl methyl sites for hydroxylation is 2. The molecule has 94 valence electrons. The van der Waals surface area contributed by atoms with E-state index in [4.69, 9.17) is 16.1 Å². The number of carbonyl (C=O) groups is 1. The van der Waals surface area contributed by atoms with E-state index in [1.54, 1.807) is 26.0 Å². The molecule has 2 aromatic rings. The number of hydrogen-bond acceptors (Lipinski definition) is 3. The van der Waals surface area contributed by atoms with Gasteiger partial charge in [-0.3, -0.25) is 4.79 Å². The van der Waals surface area contributed by atoms with Gasteiger partial charge < -0.3 is 9.84 Å². The van der Waals surface area contributed by atoms with Gasteiger partial charge in [0.15, 0.2) is 0 Å². The van der Waals surface area contributed by atoms with Gasteiger partial charge in [0.1, 0.15) is 11.3 Å². The molecule has 0 spiro atoms. The molecule has 1 amide bonds. The lowest BCUT2D eigenvalue weighted by molar-refractivity contribution is 0.0949. The van der Waals surface area contributed by atoms with Crippen LogP contribution in [0.15, 0.2) is 28.8 Å². The average Bonchev–Trinajstić information content (AvgIpc) is 2.68. The van der Waals surface area contributed by atoms with Crippen molar-refractivity contribution in [3.8, 4) is 0 Å². The number of carbonyl (C=O) groups excluding carboxylic acids is 1. The third kappa shape index (κ3) is 2.71. The normalized spacial score (nSPS) is 10.4. The maximum absolute atomic E-state index is 12.0. The second-order valence-electron chi connectivity index (χ2n) is 4.01. The van der Waals surface area contributed by atoms with Gasteiger partial charge in [-0.15, -0.1) is 0 Å². The second-order valence-corrected chi connectivity index (χ2v) is 4.44. The predicted octanol–water partition coefficient (Wildman–Crippen LogP) is 2.87. The summed E-state index contributed by atoms with van der Waals surface area (Å²) < 4.78 is 4.96. The monoisotopic (exact) mass is 264 g/mol. The number of halogens is 1. The molecule has 5 heteroatoms. The Bertz CT molecular complexity index is 541. The predicted molar refractivity (Wildman–Crippen MR) is 68.6 cm³/mol. The molecule has 1 aromatic carbocycles. The summed E-state index contributed by atoms with van der Waals surface area (Å²) in [6.07, 6.45) is 0. The van der Waals surface area contributed by atoms with Gasteiger partial charge in [-0.1, -0.05) is 28.9 Å². The first kappa shape index (κ1) is 12.6. The van der Waals surface area contributed by atoms with Gasteiger partial charge in [0.05, 0.1) is 5.69 Å². The van der Waals surface area contributed by atoms with E-state index in [2.05, 4.69) is 10.5 Å². The van der Waals surface area contributed by atoms with Crippen LogP contribution in [0.25, 0.3) is 0 Å². The van der Waals surface area contributed by atoms with Crippen LogP contribution in [0.3, 0.4) is 0 Å². The molecule has 0 fully saturated rings. The van der Waals surface area contributed by atoms with Gasteiger partial charge in [-0.2, -0.15) is 0 Å². The maximum atomic E-state index is 12.0. The fourth-order valence-corrected chi connectivity index (χ4v) is 1.81. The molecule has 0 unspecified atom stereocenters. The largest absolute Gasteiger partial charge is 0.361 e. The average molecular weight is 265 g/mol. The number of nitrogens with zero attached hydrogens (tertiary/aromatic N) is 1. The van der Waals surface area contributed by atoms with E-state index >= 15 is 0 Å². The molecule has 4 nitrogen and oxygen atoms in total. The molecule has 2 rings (SSSR count). The molecule has 0 aliphatic carbocycles. The smallest absolute Gasteiger partial charge is 0.257 e. The van der Waals surface area contributed by atoms with E-state index in [0.717, 1.165) is 5.56 Å². The van der Waals surface area contributed by atoms with Crippen LogP contribution in [0.2, 0.25) is 5.02 Å². The van der Waals surface area contributed by atoms with Crippen LogP contribution in [0.1, 0.15) is 27.4 Å². The third-order valence-electron chi connectivity index (χ3n) is 2.63. The number of amides is 1. The molecule has 18 heavy (non-hydrogen) atoms. The molecule has 1 aromatic heterocycles. The van der Waals surface area contributed by atoms with Crippen LogP contribution in [0.4, 0.5) is 0 Å².